The van der Waals surface area contributed by atoms with E-state index in [0.717, 1.165) is 30.8 Å². The van der Waals surface area contributed by atoms with Gasteiger partial charge in [0.1, 0.15) is 5.76 Å². The van der Waals surface area contributed by atoms with Gasteiger partial charge in [-0.25, -0.2) is 12.7 Å². The van der Waals surface area contributed by atoms with E-state index in [4.69, 9.17) is 4.42 Å². The van der Waals surface area contributed by atoms with E-state index < -0.39 is 10.0 Å². The van der Waals surface area contributed by atoms with Crippen molar-refractivity contribution in [3.8, 4) is 0 Å². The summed E-state index contributed by atoms with van der Waals surface area (Å²) in [5.74, 6) is 1.81. The monoisotopic (exact) mass is 287 g/mol. The minimum absolute atomic E-state index is 0.0948. The Balaban J connectivity index is 1.68. The largest absolute Gasteiger partial charge is 0.468 e. The number of hydrogen-bond acceptors (Lipinski definition) is 4. The number of thioether (sulfide) groups is 1. The van der Waals surface area contributed by atoms with E-state index in [1.54, 1.807) is 22.3 Å². The van der Waals surface area contributed by atoms with Gasteiger partial charge >= 0.3 is 0 Å². The van der Waals surface area contributed by atoms with Gasteiger partial charge in [-0.3, -0.25) is 0 Å². The van der Waals surface area contributed by atoms with Gasteiger partial charge in [0.05, 0.1) is 16.8 Å². The third kappa shape index (κ3) is 2.46. The standard InChI is InChI=1S/C12H17NO3S2/c14-18(15,10-3-4-10)13-6-5-12(17-9-7-13)11-2-1-8-16-11/h1-2,8,10,12H,3-7,9H2/t12-/m1/s1. The Kier molecular flexibility index (Phi) is 3.42. The highest BCUT2D eigenvalue weighted by atomic mass is 32.2. The highest BCUT2D eigenvalue weighted by molar-refractivity contribution is 7.99. The predicted molar refractivity (Wildman–Crippen MR) is 72.0 cm³/mol. The van der Waals surface area contributed by atoms with Gasteiger partial charge < -0.3 is 4.42 Å². The van der Waals surface area contributed by atoms with Crippen molar-refractivity contribution in [3.63, 3.8) is 0 Å². The Labute approximate surface area is 112 Å². The van der Waals surface area contributed by atoms with Crippen LogP contribution in [0, 0.1) is 0 Å². The normalized spacial score (nSPS) is 27.0. The van der Waals surface area contributed by atoms with Gasteiger partial charge in [0.25, 0.3) is 0 Å². The summed E-state index contributed by atoms with van der Waals surface area (Å²) in [4.78, 5) is 0. The van der Waals surface area contributed by atoms with Gasteiger partial charge in [0.15, 0.2) is 0 Å². The summed E-state index contributed by atoms with van der Waals surface area (Å²) < 4.78 is 31.5. The first kappa shape index (κ1) is 12.6. The first-order chi connectivity index (χ1) is 8.68. The summed E-state index contributed by atoms with van der Waals surface area (Å²) in [6, 6.07) is 3.86. The molecule has 1 aromatic rings. The molecule has 1 atom stereocenters. The van der Waals surface area contributed by atoms with Crippen molar-refractivity contribution in [2.75, 3.05) is 18.8 Å². The fourth-order valence-corrected chi connectivity index (χ4v) is 5.44. The summed E-state index contributed by atoms with van der Waals surface area (Å²) in [6.07, 6.45) is 4.20. The molecule has 0 N–H and O–H groups in total. The maximum absolute atomic E-state index is 12.2. The van der Waals surface area contributed by atoms with E-state index in [9.17, 15) is 8.42 Å². The summed E-state index contributed by atoms with van der Waals surface area (Å²) >= 11 is 1.79. The maximum Gasteiger partial charge on any atom is 0.217 e. The summed E-state index contributed by atoms with van der Waals surface area (Å²) in [6.45, 7) is 1.26. The average molecular weight is 287 g/mol. The van der Waals surface area contributed by atoms with Crippen LogP contribution in [0.3, 0.4) is 0 Å². The molecule has 0 bridgehead atoms. The van der Waals surface area contributed by atoms with Crippen molar-refractivity contribution in [2.45, 2.75) is 29.8 Å². The lowest BCUT2D eigenvalue weighted by Crippen LogP contribution is -2.35. The highest BCUT2D eigenvalue weighted by Gasteiger charge is 2.40. The van der Waals surface area contributed by atoms with Gasteiger partial charge in [-0.1, -0.05) is 0 Å². The predicted octanol–water partition coefficient (Wildman–Crippen LogP) is 2.25. The van der Waals surface area contributed by atoms with E-state index >= 15 is 0 Å². The third-order valence-electron chi connectivity index (χ3n) is 3.47. The van der Waals surface area contributed by atoms with Crippen molar-refractivity contribution in [1.82, 2.24) is 4.31 Å². The Hall–Kier alpha value is -0.460. The lowest BCUT2D eigenvalue weighted by Gasteiger charge is -2.19. The third-order valence-corrected chi connectivity index (χ3v) is 7.15. The zero-order valence-corrected chi connectivity index (χ0v) is 11.8. The maximum atomic E-state index is 12.2. The van der Waals surface area contributed by atoms with E-state index in [2.05, 4.69) is 0 Å². The van der Waals surface area contributed by atoms with Crippen molar-refractivity contribution < 1.29 is 12.8 Å². The SMILES string of the molecule is O=S(=O)(C1CC1)N1CCS[C@@H](c2ccco2)CC1. The lowest BCUT2D eigenvalue weighted by molar-refractivity contribution is 0.416. The van der Waals surface area contributed by atoms with Gasteiger partial charge in [0, 0.05) is 18.8 Å². The molecule has 0 aromatic carbocycles. The molecule has 0 amide bonds. The zero-order valence-electron chi connectivity index (χ0n) is 10.1. The van der Waals surface area contributed by atoms with Crippen molar-refractivity contribution in [1.29, 1.82) is 0 Å². The van der Waals surface area contributed by atoms with Gasteiger partial charge in [0.2, 0.25) is 10.0 Å². The number of sulfonamides is 1. The second-order valence-corrected chi connectivity index (χ2v) is 8.33. The number of hydrogen-bond donors (Lipinski definition) is 0. The fraction of sp³-hybridized carbons (Fsp3) is 0.667. The Morgan fingerprint density at radius 1 is 1.28 bits per heavy atom. The molecule has 4 nitrogen and oxygen atoms in total. The molecular formula is C12H17NO3S2. The van der Waals surface area contributed by atoms with Crippen LogP contribution in [-0.4, -0.2) is 36.8 Å². The van der Waals surface area contributed by atoms with Gasteiger partial charge in [-0.2, -0.15) is 0 Å². The van der Waals surface area contributed by atoms with Gasteiger partial charge in [-0.15, -0.1) is 11.8 Å². The molecule has 1 saturated carbocycles. The van der Waals surface area contributed by atoms with E-state index in [-0.39, 0.29) is 5.25 Å². The first-order valence-electron chi connectivity index (χ1n) is 6.32. The number of furan rings is 1. The summed E-state index contributed by atoms with van der Waals surface area (Å²) in [7, 11) is -3.02. The van der Waals surface area contributed by atoms with E-state index in [0.29, 0.717) is 18.3 Å². The Morgan fingerprint density at radius 3 is 2.78 bits per heavy atom. The van der Waals surface area contributed by atoms with E-state index in [1.165, 1.54) is 0 Å². The molecule has 1 saturated heterocycles. The minimum Gasteiger partial charge on any atom is -0.468 e. The highest BCUT2D eigenvalue weighted by Crippen LogP contribution is 2.37. The molecule has 0 radical (unpaired) electrons. The van der Waals surface area contributed by atoms with Crippen LogP contribution in [0.2, 0.25) is 0 Å². The summed E-state index contributed by atoms with van der Waals surface area (Å²) in [5, 5.41) is 0.196. The first-order valence-corrected chi connectivity index (χ1v) is 8.87. The van der Waals surface area contributed by atoms with Crippen molar-refractivity contribution in [2.24, 2.45) is 0 Å². The molecule has 100 valence electrons. The molecule has 2 aliphatic rings. The van der Waals surface area contributed by atoms with Crippen LogP contribution in [0.15, 0.2) is 22.8 Å². The summed E-state index contributed by atoms with van der Waals surface area (Å²) in [5.41, 5.74) is 0. The topological polar surface area (TPSA) is 50.5 Å². The van der Waals surface area contributed by atoms with Crippen LogP contribution in [0.4, 0.5) is 0 Å². The molecule has 2 fully saturated rings. The van der Waals surface area contributed by atoms with Crippen LogP contribution >= 0.6 is 11.8 Å². The molecule has 1 aromatic heterocycles. The van der Waals surface area contributed by atoms with Gasteiger partial charge in [-0.05, 0) is 31.4 Å². The Bertz CT molecular complexity index is 493. The number of rotatable bonds is 3. The van der Waals surface area contributed by atoms with Crippen LogP contribution in [-0.2, 0) is 10.0 Å². The molecule has 3 rings (SSSR count). The zero-order chi connectivity index (χ0) is 12.6. The van der Waals surface area contributed by atoms with E-state index in [1.807, 2.05) is 12.1 Å². The van der Waals surface area contributed by atoms with Crippen LogP contribution in [0.1, 0.15) is 30.3 Å². The van der Waals surface area contributed by atoms with Crippen LogP contribution in [0.5, 0.6) is 0 Å². The van der Waals surface area contributed by atoms with Crippen LogP contribution in [0.25, 0.3) is 0 Å². The Morgan fingerprint density at radius 2 is 2.11 bits per heavy atom. The van der Waals surface area contributed by atoms with Crippen molar-refractivity contribution in [3.05, 3.63) is 24.2 Å². The molecule has 1 aliphatic carbocycles. The minimum atomic E-state index is -3.02. The second-order valence-electron chi connectivity index (χ2n) is 4.81. The van der Waals surface area contributed by atoms with Crippen molar-refractivity contribution >= 4 is 21.8 Å². The number of nitrogens with zero attached hydrogens (tertiary/aromatic N) is 1. The molecule has 0 unspecified atom stereocenters. The lowest BCUT2D eigenvalue weighted by atomic mass is 10.2. The molecule has 18 heavy (non-hydrogen) atoms. The molecule has 1 aliphatic heterocycles. The average Bonchev–Trinajstić information content (AvgIpc) is 3.13. The molecule has 6 heteroatoms. The van der Waals surface area contributed by atoms with Crippen LogP contribution < -0.4 is 0 Å². The molecule has 2 heterocycles. The second kappa shape index (κ2) is 4.90. The smallest absolute Gasteiger partial charge is 0.217 e. The molecular weight excluding hydrogens is 270 g/mol. The molecule has 0 spiro atoms. The quantitative estimate of drug-likeness (QED) is 0.855. The fourth-order valence-electron chi connectivity index (χ4n) is 2.28.